The SMILES string of the molecule is C=C(NCCC)OC(C)(C)C. The summed E-state index contributed by atoms with van der Waals surface area (Å²) in [5.74, 6) is 0.666. The highest BCUT2D eigenvalue weighted by Gasteiger charge is 2.11. The quantitative estimate of drug-likeness (QED) is 0.632. The fraction of sp³-hybridized carbons (Fsp3) is 0.778. The summed E-state index contributed by atoms with van der Waals surface area (Å²) >= 11 is 0. The average Bonchev–Trinajstić information content (AvgIpc) is 1.79. The number of hydrogen-bond acceptors (Lipinski definition) is 2. The maximum absolute atomic E-state index is 5.43. The lowest BCUT2D eigenvalue weighted by Gasteiger charge is -2.23. The number of hydrogen-bond donors (Lipinski definition) is 1. The summed E-state index contributed by atoms with van der Waals surface area (Å²) in [7, 11) is 0. The first kappa shape index (κ1) is 10.3. The Morgan fingerprint density at radius 1 is 1.45 bits per heavy atom. The minimum absolute atomic E-state index is 0.141. The summed E-state index contributed by atoms with van der Waals surface area (Å²) in [5, 5.41) is 3.07. The second kappa shape index (κ2) is 4.27. The predicted molar refractivity (Wildman–Crippen MR) is 48.3 cm³/mol. The molecule has 1 N–H and O–H groups in total. The summed E-state index contributed by atoms with van der Waals surface area (Å²) in [4.78, 5) is 0. The lowest BCUT2D eigenvalue weighted by Crippen LogP contribution is -2.25. The van der Waals surface area contributed by atoms with Gasteiger partial charge in [0.05, 0.1) is 0 Å². The first-order valence-electron chi connectivity index (χ1n) is 4.07. The number of ether oxygens (including phenoxy) is 1. The molecule has 0 heterocycles. The van der Waals surface area contributed by atoms with E-state index in [4.69, 9.17) is 4.74 Å². The molecule has 2 heteroatoms. The van der Waals surface area contributed by atoms with Crippen molar-refractivity contribution < 1.29 is 4.74 Å². The maximum atomic E-state index is 5.43. The fourth-order valence-electron chi connectivity index (χ4n) is 0.670. The lowest BCUT2D eigenvalue weighted by atomic mass is 10.2. The Morgan fingerprint density at radius 3 is 2.36 bits per heavy atom. The van der Waals surface area contributed by atoms with Crippen LogP contribution in [0.3, 0.4) is 0 Å². The molecule has 0 aromatic rings. The van der Waals surface area contributed by atoms with Gasteiger partial charge in [-0.3, -0.25) is 0 Å². The zero-order chi connectivity index (χ0) is 8.91. The van der Waals surface area contributed by atoms with Gasteiger partial charge in [0.2, 0.25) is 0 Å². The second-order valence-electron chi connectivity index (χ2n) is 3.56. The third-order valence-electron chi connectivity index (χ3n) is 1.00. The Balaban J connectivity index is 3.53. The van der Waals surface area contributed by atoms with Gasteiger partial charge >= 0.3 is 0 Å². The highest BCUT2D eigenvalue weighted by atomic mass is 16.5. The zero-order valence-electron chi connectivity index (χ0n) is 8.03. The molecule has 0 spiro atoms. The van der Waals surface area contributed by atoms with Gasteiger partial charge < -0.3 is 10.1 Å². The van der Waals surface area contributed by atoms with Crippen molar-refractivity contribution in [1.82, 2.24) is 5.32 Å². The van der Waals surface area contributed by atoms with Crippen LogP contribution < -0.4 is 5.32 Å². The Kier molecular flexibility index (Phi) is 4.01. The van der Waals surface area contributed by atoms with Crippen LogP contribution in [0.1, 0.15) is 34.1 Å². The van der Waals surface area contributed by atoms with E-state index in [0.717, 1.165) is 13.0 Å². The van der Waals surface area contributed by atoms with Crippen LogP contribution in [-0.2, 0) is 4.74 Å². The van der Waals surface area contributed by atoms with Gasteiger partial charge in [0.25, 0.3) is 0 Å². The first-order valence-corrected chi connectivity index (χ1v) is 4.07. The molecule has 0 radical (unpaired) electrons. The molecule has 0 unspecified atom stereocenters. The van der Waals surface area contributed by atoms with Gasteiger partial charge in [-0.15, -0.1) is 0 Å². The van der Waals surface area contributed by atoms with Crippen LogP contribution in [0.15, 0.2) is 12.5 Å². The molecule has 11 heavy (non-hydrogen) atoms. The number of nitrogens with one attached hydrogen (secondary N) is 1. The summed E-state index contributed by atoms with van der Waals surface area (Å²) in [6.07, 6.45) is 1.09. The zero-order valence-corrected chi connectivity index (χ0v) is 8.03. The molecule has 0 saturated carbocycles. The largest absolute Gasteiger partial charge is 0.474 e. The van der Waals surface area contributed by atoms with Crippen LogP contribution in [0.2, 0.25) is 0 Å². The van der Waals surface area contributed by atoms with E-state index in [2.05, 4.69) is 18.8 Å². The van der Waals surface area contributed by atoms with Crippen LogP contribution in [0, 0.1) is 0 Å². The van der Waals surface area contributed by atoms with Crippen molar-refractivity contribution in [1.29, 1.82) is 0 Å². The molecule has 0 aromatic heterocycles. The molecular weight excluding hydrogens is 138 g/mol. The van der Waals surface area contributed by atoms with Gasteiger partial charge in [0.15, 0.2) is 5.88 Å². The molecule has 0 aliphatic heterocycles. The van der Waals surface area contributed by atoms with Crippen molar-refractivity contribution >= 4 is 0 Å². The molecular formula is C9H19NO. The molecule has 0 amide bonds. The third-order valence-corrected chi connectivity index (χ3v) is 1.00. The summed E-state index contributed by atoms with van der Waals surface area (Å²) in [5.41, 5.74) is -0.141. The van der Waals surface area contributed by atoms with Crippen molar-refractivity contribution in [2.24, 2.45) is 0 Å². The van der Waals surface area contributed by atoms with E-state index in [1.54, 1.807) is 0 Å². The second-order valence-corrected chi connectivity index (χ2v) is 3.56. The fourth-order valence-corrected chi connectivity index (χ4v) is 0.670. The molecule has 66 valence electrons. The molecule has 0 aromatic carbocycles. The van der Waals surface area contributed by atoms with Crippen LogP contribution >= 0.6 is 0 Å². The molecule has 0 aliphatic rings. The normalized spacial score (nSPS) is 10.9. The van der Waals surface area contributed by atoms with Crippen LogP contribution in [0.5, 0.6) is 0 Å². The van der Waals surface area contributed by atoms with E-state index >= 15 is 0 Å². The molecule has 2 nitrogen and oxygen atoms in total. The van der Waals surface area contributed by atoms with Crippen molar-refractivity contribution in [3.05, 3.63) is 12.5 Å². The minimum Gasteiger partial charge on any atom is -0.474 e. The van der Waals surface area contributed by atoms with E-state index in [0.29, 0.717) is 5.88 Å². The monoisotopic (exact) mass is 157 g/mol. The predicted octanol–water partition coefficient (Wildman–Crippen LogP) is 2.27. The lowest BCUT2D eigenvalue weighted by molar-refractivity contribution is 0.0416. The topological polar surface area (TPSA) is 21.3 Å². The Bertz CT molecular complexity index is 124. The molecule has 0 rings (SSSR count). The third kappa shape index (κ3) is 7.23. The van der Waals surface area contributed by atoms with Gasteiger partial charge in [0, 0.05) is 6.54 Å². The van der Waals surface area contributed by atoms with Crippen molar-refractivity contribution in [3.8, 4) is 0 Å². The highest BCUT2D eigenvalue weighted by Crippen LogP contribution is 2.09. The maximum Gasteiger partial charge on any atom is 0.179 e. The van der Waals surface area contributed by atoms with Gasteiger partial charge in [-0.2, -0.15) is 0 Å². The highest BCUT2D eigenvalue weighted by molar-refractivity contribution is 4.82. The Morgan fingerprint density at radius 2 is 2.00 bits per heavy atom. The van der Waals surface area contributed by atoms with Crippen molar-refractivity contribution in [2.75, 3.05) is 6.54 Å². The molecule has 0 atom stereocenters. The van der Waals surface area contributed by atoms with E-state index in [-0.39, 0.29) is 5.60 Å². The van der Waals surface area contributed by atoms with E-state index in [9.17, 15) is 0 Å². The van der Waals surface area contributed by atoms with E-state index in [1.807, 2.05) is 20.8 Å². The van der Waals surface area contributed by atoms with Gasteiger partial charge in [-0.25, -0.2) is 0 Å². The molecule has 0 bridgehead atoms. The van der Waals surface area contributed by atoms with Gasteiger partial charge in [0.1, 0.15) is 5.60 Å². The summed E-state index contributed by atoms with van der Waals surface area (Å²) in [6, 6.07) is 0. The van der Waals surface area contributed by atoms with Crippen LogP contribution in [0.25, 0.3) is 0 Å². The first-order chi connectivity index (χ1) is 4.95. The van der Waals surface area contributed by atoms with Crippen molar-refractivity contribution in [2.45, 2.75) is 39.7 Å². The van der Waals surface area contributed by atoms with Crippen LogP contribution in [-0.4, -0.2) is 12.1 Å². The summed E-state index contributed by atoms with van der Waals surface area (Å²) in [6.45, 7) is 12.8. The average molecular weight is 157 g/mol. The Labute approximate surface area is 69.6 Å². The summed E-state index contributed by atoms with van der Waals surface area (Å²) < 4.78 is 5.43. The smallest absolute Gasteiger partial charge is 0.179 e. The van der Waals surface area contributed by atoms with Gasteiger partial charge in [-0.1, -0.05) is 6.92 Å². The van der Waals surface area contributed by atoms with Crippen LogP contribution in [0.4, 0.5) is 0 Å². The van der Waals surface area contributed by atoms with Crippen molar-refractivity contribution in [3.63, 3.8) is 0 Å². The molecule has 0 fully saturated rings. The minimum atomic E-state index is -0.141. The van der Waals surface area contributed by atoms with E-state index < -0.39 is 0 Å². The van der Waals surface area contributed by atoms with Gasteiger partial charge in [-0.05, 0) is 33.8 Å². The van der Waals surface area contributed by atoms with E-state index in [1.165, 1.54) is 0 Å². The standard InChI is InChI=1S/C9H19NO/c1-6-7-10-8(2)11-9(3,4)5/h10H,2,6-7H2,1,3-5H3. The number of rotatable bonds is 4. The molecule has 0 saturated heterocycles. The molecule has 0 aliphatic carbocycles. The Hall–Kier alpha value is -0.660.